The van der Waals surface area contributed by atoms with E-state index in [0.29, 0.717) is 27.5 Å². The Labute approximate surface area is 183 Å². The van der Waals surface area contributed by atoms with Crippen molar-refractivity contribution in [3.8, 4) is 11.5 Å². The normalized spacial score (nSPS) is 15.6. The van der Waals surface area contributed by atoms with Crippen molar-refractivity contribution in [2.45, 2.75) is 6.61 Å². The second-order valence-electron chi connectivity index (χ2n) is 5.69. The van der Waals surface area contributed by atoms with E-state index in [0.717, 1.165) is 31.4 Å². The molecule has 1 saturated heterocycles. The topological polar surface area (TPSA) is 55.8 Å². The molecule has 2 aromatic rings. The molecule has 1 heterocycles. The van der Waals surface area contributed by atoms with Crippen LogP contribution in [0.3, 0.4) is 0 Å². The summed E-state index contributed by atoms with van der Waals surface area (Å²) in [6.07, 6.45) is 1.67. The third-order valence-corrected chi connectivity index (χ3v) is 6.10. The number of amides is 2. The lowest BCUT2D eigenvalue weighted by atomic mass is 10.1. The first-order valence-corrected chi connectivity index (χ1v) is 10.5. The molecule has 8 heteroatoms. The van der Waals surface area contributed by atoms with Crippen LogP contribution in [0.1, 0.15) is 11.1 Å². The Morgan fingerprint density at radius 1 is 1.22 bits per heavy atom. The van der Waals surface area contributed by atoms with Gasteiger partial charge in [0.15, 0.2) is 11.5 Å². The lowest BCUT2D eigenvalue weighted by Crippen LogP contribution is -2.22. The van der Waals surface area contributed by atoms with E-state index < -0.39 is 0 Å². The predicted molar refractivity (Wildman–Crippen MR) is 118 cm³/mol. The largest absolute Gasteiger partial charge is 0.493 e. The molecular formula is C19H15BrINO4S. The highest BCUT2D eigenvalue weighted by atomic mass is 127. The maximum atomic E-state index is 12.1. The van der Waals surface area contributed by atoms with Gasteiger partial charge < -0.3 is 9.47 Å². The Balaban J connectivity index is 1.84. The van der Waals surface area contributed by atoms with Crippen LogP contribution in [-0.2, 0) is 11.4 Å². The second-order valence-corrected chi connectivity index (χ2v) is 8.78. The van der Waals surface area contributed by atoms with Crippen molar-refractivity contribution in [2.24, 2.45) is 0 Å². The molecule has 0 atom stereocenters. The average Bonchev–Trinajstić information content (AvgIpc) is 2.88. The molecule has 0 spiro atoms. The molecule has 0 unspecified atom stereocenters. The molecule has 27 heavy (non-hydrogen) atoms. The molecule has 0 aliphatic carbocycles. The number of ether oxygens (including phenoxy) is 2. The number of halogens is 2. The van der Waals surface area contributed by atoms with Crippen LogP contribution < -0.4 is 9.47 Å². The van der Waals surface area contributed by atoms with Crippen LogP contribution in [0, 0.1) is 3.57 Å². The number of hydrogen-bond acceptors (Lipinski definition) is 5. The monoisotopic (exact) mass is 559 g/mol. The third-order valence-electron chi connectivity index (χ3n) is 3.83. The van der Waals surface area contributed by atoms with E-state index >= 15 is 0 Å². The predicted octanol–water partition coefficient (Wildman–Crippen LogP) is 5.31. The van der Waals surface area contributed by atoms with Crippen LogP contribution in [0.15, 0.2) is 45.8 Å². The Hall–Kier alpha value is -1.52. The standard InChI is InChI=1S/C19H15BrINO4S/c1-22-18(23)16(27-19(22)24)9-12-7-14(20)17(15(8-12)25-2)26-10-11-3-5-13(21)6-4-11/h3-9H,10H2,1-2H3/b16-9-. The van der Waals surface area contributed by atoms with Gasteiger partial charge >= 0.3 is 0 Å². The number of likely N-dealkylation sites (N-methyl/N-ethyl adjacent to an activating group) is 1. The number of benzene rings is 2. The van der Waals surface area contributed by atoms with Gasteiger partial charge in [0, 0.05) is 10.6 Å². The van der Waals surface area contributed by atoms with Gasteiger partial charge in [-0.25, -0.2) is 0 Å². The number of rotatable bonds is 5. The Morgan fingerprint density at radius 3 is 2.52 bits per heavy atom. The molecule has 0 aromatic heterocycles. The van der Waals surface area contributed by atoms with Gasteiger partial charge in [-0.15, -0.1) is 0 Å². The molecule has 0 radical (unpaired) electrons. The second kappa shape index (κ2) is 8.66. The number of imide groups is 1. The van der Waals surface area contributed by atoms with Crippen molar-refractivity contribution in [3.05, 3.63) is 60.5 Å². The summed E-state index contributed by atoms with van der Waals surface area (Å²) in [5, 5.41) is -0.283. The van der Waals surface area contributed by atoms with Crippen LogP contribution in [0.25, 0.3) is 6.08 Å². The van der Waals surface area contributed by atoms with E-state index in [1.54, 1.807) is 19.3 Å². The van der Waals surface area contributed by atoms with E-state index in [1.165, 1.54) is 7.05 Å². The quantitative estimate of drug-likeness (QED) is 0.367. The zero-order valence-corrected chi connectivity index (χ0v) is 19.1. The van der Waals surface area contributed by atoms with Crippen LogP contribution in [-0.4, -0.2) is 30.2 Å². The molecular weight excluding hydrogens is 545 g/mol. The molecule has 1 fully saturated rings. The molecule has 5 nitrogen and oxygen atoms in total. The van der Waals surface area contributed by atoms with Gasteiger partial charge in [0.2, 0.25) is 0 Å². The van der Waals surface area contributed by atoms with Gasteiger partial charge in [-0.2, -0.15) is 0 Å². The molecule has 0 bridgehead atoms. The summed E-state index contributed by atoms with van der Waals surface area (Å²) in [6, 6.07) is 11.7. The first kappa shape index (κ1) is 20.2. The highest BCUT2D eigenvalue weighted by Gasteiger charge is 2.31. The number of nitrogens with zero attached hydrogens (tertiary/aromatic N) is 1. The zero-order chi connectivity index (χ0) is 19.6. The maximum absolute atomic E-state index is 12.1. The first-order chi connectivity index (χ1) is 12.9. The summed E-state index contributed by atoms with van der Waals surface area (Å²) >= 11 is 6.68. The Bertz CT molecular complexity index is 930. The minimum absolute atomic E-state index is 0.283. The lowest BCUT2D eigenvalue weighted by molar-refractivity contribution is -0.121. The fourth-order valence-corrected chi connectivity index (χ4v) is 4.16. The van der Waals surface area contributed by atoms with Crippen LogP contribution in [0.5, 0.6) is 11.5 Å². The average molecular weight is 560 g/mol. The van der Waals surface area contributed by atoms with Crippen LogP contribution in [0.2, 0.25) is 0 Å². The Morgan fingerprint density at radius 2 is 1.93 bits per heavy atom. The lowest BCUT2D eigenvalue weighted by Gasteiger charge is -2.14. The smallest absolute Gasteiger partial charge is 0.293 e. The number of carbonyl (C=O) groups excluding carboxylic acids is 2. The van der Waals surface area contributed by atoms with Crippen molar-refractivity contribution in [1.29, 1.82) is 0 Å². The highest BCUT2D eigenvalue weighted by molar-refractivity contribution is 14.1. The Kier molecular flexibility index (Phi) is 6.48. The molecule has 2 amide bonds. The number of hydrogen-bond donors (Lipinski definition) is 0. The molecule has 1 aliphatic rings. The SMILES string of the molecule is COc1cc(/C=C2\SC(=O)N(C)C2=O)cc(Br)c1OCc1ccc(I)cc1. The summed E-state index contributed by atoms with van der Waals surface area (Å²) in [4.78, 5) is 25.2. The van der Waals surface area contributed by atoms with E-state index in [2.05, 4.69) is 38.5 Å². The number of methoxy groups -OCH3 is 1. The summed E-state index contributed by atoms with van der Waals surface area (Å²) in [6.45, 7) is 0.403. The minimum atomic E-state index is -0.306. The molecule has 1 aliphatic heterocycles. The fraction of sp³-hybridized carbons (Fsp3) is 0.158. The van der Waals surface area contributed by atoms with Crippen molar-refractivity contribution < 1.29 is 19.1 Å². The van der Waals surface area contributed by atoms with E-state index in [1.807, 2.05) is 30.3 Å². The zero-order valence-electron chi connectivity index (χ0n) is 14.5. The summed E-state index contributed by atoms with van der Waals surface area (Å²) in [5.41, 5.74) is 1.78. The molecule has 3 rings (SSSR count). The minimum Gasteiger partial charge on any atom is -0.493 e. The van der Waals surface area contributed by atoms with Gasteiger partial charge in [-0.1, -0.05) is 12.1 Å². The van der Waals surface area contributed by atoms with Crippen molar-refractivity contribution >= 4 is 67.5 Å². The van der Waals surface area contributed by atoms with Gasteiger partial charge in [0.05, 0.1) is 16.5 Å². The van der Waals surface area contributed by atoms with E-state index in [-0.39, 0.29) is 11.1 Å². The molecule has 0 saturated carbocycles. The van der Waals surface area contributed by atoms with Crippen molar-refractivity contribution in [3.63, 3.8) is 0 Å². The third kappa shape index (κ3) is 4.67. The van der Waals surface area contributed by atoms with Crippen LogP contribution >= 0.6 is 50.3 Å². The van der Waals surface area contributed by atoms with Crippen molar-refractivity contribution in [2.75, 3.05) is 14.2 Å². The first-order valence-electron chi connectivity index (χ1n) is 7.85. The van der Waals surface area contributed by atoms with Gasteiger partial charge in [-0.3, -0.25) is 14.5 Å². The summed E-state index contributed by atoms with van der Waals surface area (Å²) in [5.74, 6) is 0.813. The fourth-order valence-electron chi connectivity index (χ4n) is 2.40. The van der Waals surface area contributed by atoms with Crippen LogP contribution in [0.4, 0.5) is 4.79 Å². The van der Waals surface area contributed by atoms with E-state index in [9.17, 15) is 9.59 Å². The van der Waals surface area contributed by atoms with Gasteiger partial charge in [0.1, 0.15) is 6.61 Å². The van der Waals surface area contributed by atoms with Gasteiger partial charge in [-0.05, 0) is 91.8 Å². The summed E-state index contributed by atoms with van der Waals surface area (Å²) in [7, 11) is 3.03. The summed E-state index contributed by atoms with van der Waals surface area (Å²) < 4.78 is 13.3. The highest BCUT2D eigenvalue weighted by Crippen LogP contribution is 2.39. The maximum Gasteiger partial charge on any atom is 0.293 e. The molecule has 2 aromatic carbocycles. The van der Waals surface area contributed by atoms with E-state index in [4.69, 9.17) is 9.47 Å². The number of thioether (sulfide) groups is 1. The number of carbonyl (C=O) groups is 2. The van der Waals surface area contributed by atoms with Gasteiger partial charge in [0.25, 0.3) is 11.1 Å². The van der Waals surface area contributed by atoms with Crippen molar-refractivity contribution in [1.82, 2.24) is 4.90 Å². The molecule has 140 valence electrons. The molecule has 0 N–H and O–H groups in total.